The Kier molecular flexibility index (Phi) is 52.1. The minimum atomic E-state index is -0.663. The van der Waals surface area contributed by atoms with E-state index in [1.165, 1.54) is 122 Å². The number of nitrogens with zero attached hydrogens (tertiary/aromatic N) is 1. The average molecular weight is 925 g/mol. The molecule has 7 heteroatoms. The van der Waals surface area contributed by atoms with E-state index < -0.39 is 6.10 Å². The number of hydrogen-bond donors (Lipinski definition) is 3. The van der Waals surface area contributed by atoms with Crippen LogP contribution in [0.1, 0.15) is 233 Å². The number of carbonyl (C=O) groups is 1. The average Bonchev–Trinajstić information content (AvgIpc) is 3.15. The molecule has 0 aromatic carbocycles. The maximum Gasteiger partial charge on any atom is 0.308 e. The van der Waals surface area contributed by atoms with E-state index in [4.69, 9.17) is 4.74 Å². The zero-order chi connectivity index (χ0) is 38.8. The van der Waals surface area contributed by atoms with Gasteiger partial charge in [0.25, 0.3) is 0 Å². The van der Waals surface area contributed by atoms with Crippen LogP contribution in [0.2, 0.25) is 0 Å². The van der Waals surface area contributed by atoms with Crippen LogP contribution in [-0.2, 0) is 30.6 Å². The summed E-state index contributed by atoms with van der Waals surface area (Å²) in [6.07, 6.45) is 37.4. The molecule has 0 aliphatic heterocycles. The Hall–Kier alpha value is -0.00169. The van der Waals surface area contributed by atoms with E-state index >= 15 is 0 Å². The molecule has 0 fully saturated rings. The molecule has 0 rings (SSSR count). The Labute approximate surface area is 346 Å². The van der Waals surface area contributed by atoms with Gasteiger partial charge >= 0.3 is 5.97 Å². The van der Waals surface area contributed by atoms with Crippen molar-refractivity contribution in [1.82, 2.24) is 4.90 Å². The Balaban J connectivity index is -0.00000123. The fourth-order valence-electron chi connectivity index (χ4n) is 6.90. The van der Waals surface area contributed by atoms with E-state index in [-0.39, 0.29) is 45.7 Å². The first kappa shape index (κ1) is 57.3. The van der Waals surface area contributed by atoms with Gasteiger partial charge in [0.1, 0.15) is 0 Å². The smallest absolute Gasteiger partial charge is 0.308 e. The summed E-state index contributed by atoms with van der Waals surface area (Å²) in [6, 6.07) is 0. The van der Waals surface area contributed by atoms with Gasteiger partial charge in [0.15, 0.2) is 0 Å². The van der Waals surface area contributed by atoms with Crippen molar-refractivity contribution in [3.63, 3.8) is 0 Å². The molecule has 53 heavy (non-hydrogen) atoms. The predicted molar refractivity (Wildman–Crippen MR) is 226 cm³/mol. The van der Waals surface area contributed by atoms with Gasteiger partial charge in [0.2, 0.25) is 0 Å². The number of carbonyl (C=O) groups excluding carboxylic acids is 1. The molecule has 0 aromatic heterocycles. The summed E-state index contributed by atoms with van der Waals surface area (Å²) in [5.74, 6) is 0.120. The SMILES string of the molecule is CCCCCCCCC(O)CCCCCC.[CH2-]CCCCCN(CCCCCCOC(=O)C(CCCCCC)CCCCCCCC)CC(O)CO.[W]. The van der Waals surface area contributed by atoms with Gasteiger partial charge in [-0.15, -0.1) is 0 Å². The second kappa shape index (κ2) is 48.1. The topological polar surface area (TPSA) is 90.2 Å². The van der Waals surface area contributed by atoms with Crippen molar-refractivity contribution in [2.75, 3.05) is 32.8 Å². The number of hydrogen-bond acceptors (Lipinski definition) is 6. The fourth-order valence-corrected chi connectivity index (χ4v) is 6.90. The summed E-state index contributed by atoms with van der Waals surface area (Å²) in [5.41, 5.74) is 0. The first-order valence-corrected chi connectivity index (χ1v) is 23.0. The minimum Gasteiger partial charge on any atom is -0.465 e. The number of ether oxygens (including phenoxy) is 1. The molecule has 0 amide bonds. The second-order valence-electron chi connectivity index (χ2n) is 15.8. The maximum absolute atomic E-state index is 12.8. The number of esters is 1. The second-order valence-corrected chi connectivity index (χ2v) is 15.8. The molecule has 0 aromatic rings. The molecular formula is C46H94NO5W-. The molecule has 0 saturated heterocycles. The number of aliphatic hydroxyl groups is 3. The van der Waals surface area contributed by atoms with Gasteiger partial charge in [0, 0.05) is 27.6 Å². The van der Waals surface area contributed by atoms with Crippen LogP contribution >= 0.6 is 0 Å². The molecule has 0 aliphatic carbocycles. The van der Waals surface area contributed by atoms with Crippen LogP contribution in [0.3, 0.4) is 0 Å². The quantitative estimate of drug-likeness (QED) is 0.0322. The van der Waals surface area contributed by atoms with Crippen LogP contribution in [0.15, 0.2) is 0 Å². The van der Waals surface area contributed by atoms with E-state index in [2.05, 4.69) is 39.5 Å². The van der Waals surface area contributed by atoms with E-state index in [0.29, 0.717) is 13.2 Å². The van der Waals surface area contributed by atoms with Gasteiger partial charge in [-0.05, 0) is 58.0 Å². The molecule has 3 N–H and O–H groups in total. The summed E-state index contributed by atoms with van der Waals surface area (Å²) < 4.78 is 5.71. The first-order valence-electron chi connectivity index (χ1n) is 23.0. The zero-order valence-electron chi connectivity index (χ0n) is 36.1. The summed E-state index contributed by atoms with van der Waals surface area (Å²) in [6.45, 7) is 15.7. The van der Waals surface area contributed by atoms with Crippen molar-refractivity contribution < 1.29 is 45.9 Å². The van der Waals surface area contributed by atoms with Crippen molar-refractivity contribution in [1.29, 1.82) is 0 Å². The molecule has 0 spiro atoms. The standard InChI is InChI=1S/C31H62NO4.C15H32O.W/c1-4-7-10-13-14-18-23-29(22-17-11-8-5-2)31(35)36-26-21-16-15-20-25-32(27-30(34)28-33)24-19-12-9-6-3;1-3-5-7-9-10-12-14-15(16)13-11-8-6-4-2;/h29-30,33-34H,3-28H2,1-2H3;15-16H,3-14H2,1-2H3;/q-1;;. The third-order valence-electron chi connectivity index (χ3n) is 10.4. The largest absolute Gasteiger partial charge is 0.465 e. The molecular weight excluding hydrogens is 830 g/mol. The van der Waals surface area contributed by atoms with Crippen molar-refractivity contribution >= 4 is 5.97 Å². The van der Waals surface area contributed by atoms with Gasteiger partial charge in [-0.25, -0.2) is 0 Å². The monoisotopic (exact) mass is 925 g/mol. The molecule has 3 atom stereocenters. The van der Waals surface area contributed by atoms with Gasteiger partial charge < -0.3 is 31.9 Å². The van der Waals surface area contributed by atoms with Crippen molar-refractivity contribution in [3.05, 3.63) is 6.92 Å². The van der Waals surface area contributed by atoms with Crippen LogP contribution in [0, 0.1) is 12.8 Å². The summed E-state index contributed by atoms with van der Waals surface area (Å²) in [4.78, 5) is 15.0. The third kappa shape index (κ3) is 44.6. The molecule has 0 bridgehead atoms. The number of rotatable bonds is 40. The maximum atomic E-state index is 12.8. The molecule has 0 saturated carbocycles. The van der Waals surface area contributed by atoms with Gasteiger partial charge in [-0.1, -0.05) is 182 Å². The van der Waals surface area contributed by atoms with E-state index in [1.54, 1.807) is 0 Å². The van der Waals surface area contributed by atoms with Crippen LogP contribution < -0.4 is 0 Å². The van der Waals surface area contributed by atoms with Crippen molar-refractivity contribution in [2.24, 2.45) is 5.92 Å². The molecule has 0 radical (unpaired) electrons. The zero-order valence-corrected chi connectivity index (χ0v) is 39.0. The van der Waals surface area contributed by atoms with Crippen LogP contribution in [-0.4, -0.2) is 71.2 Å². The third-order valence-corrected chi connectivity index (χ3v) is 10.4. The molecule has 0 aliphatic rings. The van der Waals surface area contributed by atoms with E-state index in [9.17, 15) is 20.1 Å². The summed E-state index contributed by atoms with van der Waals surface area (Å²) >= 11 is 0. The van der Waals surface area contributed by atoms with E-state index in [0.717, 1.165) is 96.6 Å². The Morgan fingerprint density at radius 3 is 1.36 bits per heavy atom. The summed E-state index contributed by atoms with van der Waals surface area (Å²) in [7, 11) is 0. The Bertz CT molecular complexity index is 684. The van der Waals surface area contributed by atoms with Crippen LogP contribution in [0.4, 0.5) is 0 Å². The molecule has 3 unspecified atom stereocenters. The van der Waals surface area contributed by atoms with E-state index in [1.807, 2.05) is 0 Å². The fraction of sp³-hybridized carbons (Fsp3) is 0.957. The number of aliphatic hydroxyl groups excluding tert-OH is 3. The van der Waals surface area contributed by atoms with Gasteiger partial charge in [0.05, 0.1) is 31.3 Å². The normalized spacial score (nSPS) is 12.9. The van der Waals surface area contributed by atoms with Gasteiger partial charge in [-0.2, -0.15) is 6.42 Å². The first-order chi connectivity index (χ1) is 25.4. The van der Waals surface area contributed by atoms with Crippen molar-refractivity contribution in [3.8, 4) is 0 Å². The van der Waals surface area contributed by atoms with Crippen LogP contribution in [0.5, 0.6) is 0 Å². The predicted octanol–water partition coefficient (Wildman–Crippen LogP) is 12.5. The Morgan fingerprint density at radius 2 is 0.906 bits per heavy atom. The van der Waals surface area contributed by atoms with Gasteiger partial charge in [-0.3, -0.25) is 4.79 Å². The minimum absolute atomic E-state index is 0. The van der Waals surface area contributed by atoms with Crippen molar-refractivity contribution in [2.45, 2.75) is 245 Å². The number of unbranched alkanes of at least 4 members (excludes halogenated alkanes) is 22. The van der Waals surface area contributed by atoms with Crippen LogP contribution in [0.25, 0.3) is 0 Å². The molecule has 6 nitrogen and oxygen atoms in total. The Morgan fingerprint density at radius 1 is 0.528 bits per heavy atom. The molecule has 0 heterocycles. The summed E-state index contributed by atoms with van der Waals surface area (Å²) in [5, 5.41) is 28.8. The molecule has 320 valence electrons.